The average molecular weight is 276 g/mol. The Kier molecular flexibility index (Phi) is 4.97. The van der Waals surface area contributed by atoms with Crippen LogP contribution in [-0.2, 0) is 0 Å². The van der Waals surface area contributed by atoms with Gasteiger partial charge in [-0.1, -0.05) is 0 Å². The standard InChI is InChI=1S/C16H28N4/c1-12(20-9-6-7-10-20)8-11-19(5)16-13(2)14(3)17-15(4)18-16/h12H,6-11H2,1-5H3/t12-/m1/s1. The van der Waals surface area contributed by atoms with E-state index in [0.29, 0.717) is 6.04 Å². The SMILES string of the molecule is Cc1nc(C)c(C)c(N(C)CC[C@@H](C)N2CCCC2)n1. The Balaban J connectivity index is 1.96. The zero-order valence-electron chi connectivity index (χ0n) is 13.6. The molecule has 1 aliphatic rings. The molecule has 0 saturated carbocycles. The molecule has 1 fully saturated rings. The third-order valence-corrected chi connectivity index (χ3v) is 4.48. The van der Waals surface area contributed by atoms with Gasteiger partial charge in [0.15, 0.2) is 0 Å². The lowest BCUT2D eigenvalue weighted by Crippen LogP contribution is -2.34. The van der Waals surface area contributed by atoms with Crippen LogP contribution in [0.2, 0.25) is 0 Å². The largest absolute Gasteiger partial charge is 0.359 e. The zero-order valence-corrected chi connectivity index (χ0v) is 13.6. The molecule has 1 aromatic heterocycles. The highest BCUT2D eigenvalue weighted by Gasteiger charge is 2.19. The van der Waals surface area contributed by atoms with E-state index in [9.17, 15) is 0 Å². The van der Waals surface area contributed by atoms with Crippen LogP contribution in [0.15, 0.2) is 0 Å². The molecule has 20 heavy (non-hydrogen) atoms. The molecule has 4 nitrogen and oxygen atoms in total. The summed E-state index contributed by atoms with van der Waals surface area (Å²) in [6.45, 7) is 12.1. The topological polar surface area (TPSA) is 32.3 Å². The number of aromatic nitrogens is 2. The molecular weight excluding hydrogens is 248 g/mol. The molecular formula is C16H28N4. The van der Waals surface area contributed by atoms with E-state index in [1.54, 1.807) is 0 Å². The van der Waals surface area contributed by atoms with Crippen molar-refractivity contribution in [1.29, 1.82) is 0 Å². The van der Waals surface area contributed by atoms with E-state index in [1.807, 2.05) is 6.92 Å². The van der Waals surface area contributed by atoms with Crippen molar-refractivity contribution in [2.24, 2.45) is 0 Å². The molecule has 0 aromatic carbocycles. The van der Waals surface area contributed by atoms with Crippen LogP contribution in [0.3, 0.4) is 0 Å². The fourth-order valence-electron chi connectivity index (χ4n) is 2.97. The Bertz CT molecular complexity index is 452. The summed E-state index contributed by atoms with van der Waals surface area (Å²) in [7, 11) is 2.14. The van der Waals surface area contributed by atoms with Crippen molar-refractivity contribution >= 4 is 5.82 Å². The highest BCUT2D eigenvalue weighted by Crippen LogP contribution is 2.20. The van der Waals surface area contributed by atoms with Gasteiger partial charge in [-0.05, 0) is 60.0 Å². The van der Waals surface area contributed by atoms with Gasteiger partial charge < -0.3 is 9.80 Å². The molecule has 1 atom stereocenters. The molecule has 0 spiro atoms. The minimum Gasteiger partial charge on any atom is -0.359 e. The first-order valence-electron chi connectivity index (χ1n) is 7.76. The molecule has 112 valence electrons. The predicted molar refractivity (Wildman–Crippen MR) is 84.4 cm³/mol. The Morgan fingerprint density at radius 1 is 1.15 bits per heavy atom. The molecule has 1 aromatic rings. The highest BCUT2D eigenvalue weighted by atomic mass is 15.2. The Morgan fingerprint density at radius 2 is 1.80 bits per heavy atom. The van der Waals surface area contributed by atoms with Crippen molar-refractivity contribution in [3.63, 3.8) is 0 Å². The van der Waals surface area contributed by atoms with Gasteiger partial charge in [0.25, 0.3) is 0 Å². The van der Waals surface area contributed by atoms with E-state index in [4.69, 9.17) is 0 Å². The number of hydrogen-bond acceptors (Lipinski definition) is 4. The highest BCUT2D eigenvalue weighted by molar-refractivity contribution is 5.47. The van der Waals surface area contributed by atoms with Crippen LogP contribution in [0.1, 0.15) is 43.3 Å². The number of anilines is 1. The number of likely N-dealkylation sites (tertiary alicyclic amines) is 1. The molecule has 0 radical (unpaired) electrons. The minimum atomic E-state index is 0.671. The van der Waals surface area contributed by atoms with Gasteiger partial charge in [-0.15, -0.1) is 0 Å². The van der Waals surface area contributed by atoms with Gasteiger partial charge in [0.05, 0.1) is 0 Å². The first kappa shape index (κ1) is 15.2. The van der Waals surface area contributed by atoms with E-state index in [2.05, 4.69) is 47.6 Å². The maximum Gasteiger partial charge on any atom is 0.135 e. The fraction of sp³-hybridized carbons (Fsp3) is 0.750. The van der Waals surface area contributed by atoms with Crippen molar-refractivity contribution in [3.05, 3.63) is 17.1 Å². The predicted octanol–water partition coefficient (Wildman–Crippen LogP) is 2.71. The molecule has 1 aliphatic heterocycles. The van der Waals surface area contributed by atoms with E-state index in [1.165, 1.54) is 37.9 Å². The summed E-state index contributed by atoms with van der Waals surface area (Å²) < 4.78 is 0. The maximum atomic E-state index is 4.61. The third kappa shape index (κ3) is 3.48. The van der Waals surface area contributed by atoms with Crippen molar-refractivity contribution in [1.82, 2.24) is 14.9 Å². The quantitative estimate of drug-likeness (QED) is 0.828. The summed E-state index contributed by atoms with van der Waals surface area (Å²) in [5.74, 6) is 1.95. The summed E-state index contributed by atoms with van der Waals surface area (Å²) in [6.07, 6.45) is 3.92. The van der Waals surface area contributed by atoms with Crippen LogP contribution in [0, 0.1) is 20.8 Å². The lowest BCUT2D eigenvalue weighted by Gasteiger charge is -2.27. The molecule has 1 saturated heterocycles. The van der Waals surface area contributed by atoms with Gasteiger partial charge in [0, 0.05) is 30.9 Å². The lowest BCUT2D eigenvalue weighted by atomic mass is 10.2. The van der Waals surface area contributed by atoms with Crippen LogP contribution < -0.4 is 4.90 Å². The van der Waals surface area contributed by atoms with E-state index < -0.39 is 0 Å². The van der Waals surface area contributed by atoms with Crippen LogP contribution >= 0.6 is 0 Å². The Morgan fingerprint density at radius 3 is 2.45 bits per heavy atom. The molecule has 0 aliphatic carbocycles. The monoisotopic (exact) mass is 276 g/mol. The van der Waals surface area contributed by atoms with Gasteiger partial charge >= 0.3 is 0 Å². The van der Waals surface area contributed by atoms with Crippen molar-refractivity contribution < 1.29 is 0 Å². The second-order valence-electron chi connectivity index (χ2n) is 6.11. The number of rotatable bonds is 5. The van der Waals surface area contributed by atoms with Crippen LogP contribution in [0.25, 0.3) is 0 Å². The number of hydrogen-bond donors (Lipinski definition) is 0. The second-order valence-corrected chi connectivity index (χ2v) is 6.11. The summed E-state index contributed by atoms with van der Waals surface area (Å²) in [5.41, 5.74) is 2.29. The number of nitrogens with zero attached hydrogens (tertiary/aromatic N) is 4. The first-order valence-corrected chi connectivity index (χ1v) is 7.76. The lowest BCUT2D eigenvalue weighted by molar-refractivity contribution is 0.249. The average Bonchev–Trinajstić information content (AvgIpc) is 2.93. The second kappa shape index (κ2) is 6.53. The molecule has 4 heteroatoms. The maximum absolute atomic E-state index is 4.61. The van der Waals surface area contributed by atoms with Gasteiger partial charge in [-0.25, -0.2) is 9.97 Å². The summed E-state index contributed by atoms with van der Waals surface area (Å²) in [6, 6.07) is 0.671. The van der Waals surface area contributed by atoms with Gasteiger partial charge in [-0.3, -0.25) is 0 Å². The van der Waals surface area contributed by atoms with Crippen molar-refractivity contribution in [2.75, 3.05) is 31.6 Å². The van der Waals surface area contributed by atoms with Gasteiger partial charge in [0.1, 0.15) is 11.6 Å². The molecule has 0 amide bonds. The molecule has 0 unspecified atom stereocenters. The zero-order chi connectivity index (χ0) is 14.7. The summed E-state index contributed by atoms with van der Waals surface area (Å²) >= 11 is 0. The first-order chi connectivity index (χ1) is 9.49. The third-order valence-electron chi connectivity index (χ3n) is 4.48. The summed E-state index contributed by atoms with van der Waals surface area (Å²) in [5, 5.41) is 0. The van der Waals surface area contributed by atoms with Gasteiger partial charge in [0.2, 0.25) is 0 Å². The van der Waals surface area contributed by atoms with E-state index in [0.717, 1.165) is 23.9 Å². The van der Waals surface area contributed by atoms with Gasteiger partial charge in [-0.2, -0.15) is 0 Å². The van der Waals surface area contributed by atoms with E-state index >= 15 is 0 Å². The number of aryl methyl sites for hydroxylation is 2. The van der Waals surface area contributed by atoms with E-state index in [-0.39, 0.29) is 0 Å². The Hall–Kier alpha value is -1.16. The molecule has 0 N–H and O–H groups in total. The van der Waals surface area contributed by atoms with Crippen LogP contribution in [0.5, 0.6) is 0 Å². The smallest absolute Gasteiger partial charge is 0.135 e. The fourth-order valence-corrected chi connectivity index (χ4v) is 2.97. The van der Waals surface area contributed by atoms with Crippen molar-refractivity contribution in [2.45, 2.75) is 53.0 Å². The van der Waals surface area contributed by atoms with Crippen molar-refractivity contribution in [3.8, 4) is 0 Å². The normalized spacial score (nSPS) is 17.4. The molecule has 2 heterocycles. The Labute approximate surface area is 123 Å². The summed E-state index contributed by atoms with van der Waals surface area (Å²) in [4.78, 5) is 13.9. The molecule has 0 bridgehead atoms. The van der Waals surface area contributed by atoms with Crippen LogP contribution in [-0.4, -0.2) is 47.6 Å². The molecule has 2 rings (SSSR count). The van der Waals surface area contributed by atoms with Crippen LogP contribution in [0.4, 0.5) is 5.82 Å². The minimum absolute atomic E-state index is 0.671.